The van der Waals surface area contributed by atoms with Gasteiger partial charge >= 0.3 is 5.97 Å². The number of methoxy groups -OCH3 is 2. The lowest BCUT2D eigenvalue weighted by Crippen LogP contribution is -2.18. The summed E-state index contributed by atoms with van der Waals surface area (Å²) < 4.78 is 27.0. The number of carbonyl (C=O) groups is 1. The molecule has 28 heavy (non-hydrogen) atoms. The number of phenols is 1. The maximum Gasteiger partial charge on any atom is 0.335 e. The van der Waals surface area contributed by atoms with Crippen LogP contribution in [0.15, 0.2) is 35.4 Å². The monoisotopic (exact) mass is 382 g/mol. The summed E-state index contributed by atoms with van der Waals surface area (Å²) in [5.41, 5.74) is 4.33. The van der Waals surface area contributed by atoms with E-state index >= 15 is 0 Å². The van der Waals surface area contributed by atoms with Crippen molar-refractivity contribution in [3.8, 4) is 28.7 Å². The number of phenolic OH excluding ortho intramolecular Hbond substituents is 1. The maximum absolute atomic E-state index is 12.6. The molecule has 0 unspecified atom stereocenters. The minimum absolute atomic E-state index is 0.0846. The number of carbonyl (C=O) groups excluding carboxylic acids is 1. The van der Waals surface area contributed by atoms with Gasteiger partial charge in [-0.15, -0.1) is 0 Å². The average Bonchev–Trinajstić information content (AvgIpc) is 3.31. The van der Waals surface area contributed by atoms with Crippen LogP contribution in [0, 0.1) is 0 Å². The zero-order chi connectivity index (χ0) is 19.4. The molecule has 144 valence electrons. The summed E-state index contributed by atoms with van der Waals surface area (Å²) in [5.74, 6) is 1.11. The van der Waals surface area contributed by atoms with E-state index < -0.39 is 0 Å². The average molecular weight is 382 g/mol. The number of aromatic hydroxyl groups is 1. The van der Waals surface area contributed by atoms with E-state index in [0.717, 1.165) is 22.3 Å². The first kappa shape index (κ1) is 16.8. The largest absolute Gasteiger partial charge is 0.502 e. The van der Waals surface area contributed by atoms with Crippen molar-refractivity contribution >= 4 is 5.97 Å². The summed E-state index contributed by atoms with van der Waals surface area (Å²) >= 11 is 0. The Hall–Kier alpha value is -3.35. The van der Waals surface area contributed by atoms with Crippen LogP contribution in [-0.2, 0) is 16.0 Å². The van der Waals surface area contributed by atoms with E-state index in [1.54, 1.807) is 12.1 Å². The molecule has 0 aromatic heterocycles. The summed E-state index contributed by atoms with van der Waals surface area (Å²) in [6.07, 6.45) is 0.621. The highest BCUT2D eigenvalue weighted by Crippen LogP contribution is 2.50. The number of esters is 1. The van der Waals surface area contributed by atoms with Gasteiger partial charge < -0.3 is 28.8 Å². The van der Waals surface area contributed by atoms with Gasteiger partial charge in [0.25, 0.3) is 0 Å². The first-order valence-corrected chi connectivity index (χ1v) is 8.87. The number of benzene rings is 2. The summed E-state index contributed by atoms with van der Waals surface area (Å²) in [6, 6.07) is 7.33. The van der Waals surface area contributed by atoms with Crippen molar-refractivity contribution in [2.45, 2.75) is 12.3 Å². The van der Waals surface area contributed by atoms with Crippen LogP contribution in [0.2, 0.25) is 0 Å². The SMILES string of the molecule is COc1cc([C@@H]2C3=C(COC3=O)Cc3cc4c(cc32)OCO4)cc(OC)c1O. The Morgan fingerprint density at radius 1 is 1.00 bits per heavy atom. The molecule has 0 saturated carbocycles. The molecular weight excluding hydrogens is 364 g/mol. The van der Waals surface area contributed by atoms with Crippen LogP contribution in [0.5, 0.6) is 28.7 Å². The van der Waals surface area contributed by atoms with Crippen molar-refractivity contribution in [1.82, 2.24) is 0 Å². The first-order chi connectivity index (χ1) is 13.6. The fraction of sp³-hybridized carbons (Fsp3) is 0.286. The predicted molar refractivity (Wildman–Crippen MR) is 97.3 cm³/mol. The van der Waals surface area contributed by atoms with Gasteiger partial charge in [0.2, 0.25) is 12.5 Å². The standard InChI is InChI=1S/C21H18O7/c1-24-16-5-11(6-17(25-2)20(16)22)18-13-7-15-14(27-9-28-15)4-10(13)3-12-8-26-21(23)19(12)18/h4-7,18,22H,3,8-9H2,1-2H3/t18-/m0/s1. The molecule has 1 N–H and O–H groups in total. The molecule has 2 aliphatic heterocycles. The van der Waals surface area contributed by atoms with Crippen LogP contribution < -0.4 is 18.9 Å². The Labute approximate surface area is 161 Å². The minimum Gasteiger partial charge on any atom is -0.502 e. The fourth-order valence-electron chi connectivity index (χ4n) is 4.15. The maximum atomic E-state index is 12.6. The number of fused-ring (bicyclic) bond motifs is 2. The normalized spacial score (nSPS) is 19.2. The third kappa shape index (κ3) is 2.32. The van der Waals surface area contributed by atoms with Crippen LogP contribution in [0.1, 0.15) is 22.6 Å². The van der Waals surface area contributed by atoms with E-state index in [1.807, 2.05) is 12.1 Å². The summed E-state index contributed by atoms with van der Waals surface area (Å²) in [7, 11) is 2.94. The number of hydrogen-bond acceptors (Lipinski definition) is 7. The highest BCUT2D eigenvalue weighted by atomic mass is 16.7. The smallest absolute Gasteiger partial charge is 0.335 e. The van der Waals surface area contributed by atoms with Crippen LogP contribution in [-0.4, -0.2) is 38.7 Å². The number of cyclic esters (lactones) is 1. The van der Waals surface area contributed by atoms with E-state index in [4.69, 9.17) is 23.7 Å². The minimum atomic E-state index is -0.383. The number of ether oxygens (including phenoxy) is 5. The molecule has 3 aliphatic rings. The Morgan fingerprint density at radius 2 is 1.68 bits per heavy atom. The zero-order valence-corrected chi connectivity index (χ0v) is 15.4. The van der Waals surface area contributed by atoms with Crippen LogP contribution >= 0.6 is 0 Å². The van der Waals surface area contributed by atoms with Crippen molar-refractivity contribution < 1.29 is 33.6 Å². The second kappa shape index (κ2) is 6.09. The van der Waals surface area contributed by atoms with Gasteiger partial charge in [-0.2, -0.15) is 0 Å². The molecule has 0 fully saturated rings. The summed E-state index contributed by atoms with van der Waals surface area (Å²) in [6.45, 7) is 0.462. The molecule has 5 rings (SSSR count). The van der Waals surface area contributed by atoms with Crippen LogP contribution in [0.4, 0.5) is 0 Å². The Balaban J connectivity index is 1.75. The second-order valence-electron chi connectivity index (χ2n) is 6.88. The molecular formula is C21H18O7. The highest BCUT2D eigenvalue weighted by Gasteiger charge is 2.39. The molecule has 2 heterocycles. The van der Waals surface area contributed by atoms with E-state index in [-0.39, 0.29) is 42.5 Å². The Kier molecular flexibility index (Phi) is 3.65. The lowest BCUT2D eigenvalue weighted by atomic mass is 9.75. The molecule has 0 spiro atoms. The molecule has 0 bridgehead atoms. The molecule has 7 nitrogen and oxygen atoms in total. The molecule has 0 radical (unpaired) electrons. The van der Waals surface area contributed by atoms with Crippen molar-refractivity contribution in [2.75, 3.05) is 27.6 Å². The third-order valence-corrected chi connectivity index (χ3v) is 5.45. The number of rotatable bonds is 3. The fourth-order valence-corrected chi connectivity index (χ4v) is 4.15. The van der Waals surface area contributed by atoms with Gasteiger partial charge in [0.1, 0.15) is 6.61 Å². The Bertz CT molecular complexity index is 1010. The molecule has 0 saturated heterocycles. The lowest BCUT2D eigenvalue weighted by Gasteiger charge is -2.27. The quantitative estimate of drug-likeness (QED) is 0.817. The van der Waals surface area contributed by atoms with E-state index in [2.05, 4.69) is 0 Å². The molecule has 1 aliphatic carbocycles. The predicted octanol–water partition coefficient (Wildman–Crippen LogP) is 2.68. The van der Waals surface area contributed by atoms with Gasteiger partial charge in [-0.05, 0) is 52.9 Å². The van der Waals surface area contributed by atoms with E-state index in [0.29, 0.717) is 23.5 Å². The lowest BCUT2D eigenvalue weighted by molar-refractivity contribution is -0.136. The van der Waals surface area contributed by atoms with E-state index in [1.165, 1.54) is 14.2 Å². The van der Waals surface area contributed by atoms with Gasteiger partial charge in [-0.1, -0.05) is 0 Å². The number of hydrogen-bond donors (Lipinski definition) is 1. The van der Waals surface area contributed by atoms with Crippen molar-refractivity contribution in [3.63, 3.8) is 0 Å². The Morgan fingerprint density at radius 3 is 2.36 bits per heavy atom. The van der Waals surface area contributed by atoms with Crippen molar-refractivity contribution in [1.29, 1.82) is 0 Å². The van der Waals surface area contributed by atoms with Gasteiger partial charge in [0, 0.05) is 5.92 Å². The van der Waals surface area contributed by atoms with Crippen LogP contribution in [0.3, 0.4) is 0 Å². The van der Waals surface area contributed by atoms with Crippen molar-refractivity contribution in [3.05, 3.63) is 52.1 Å². The molecule has 0 amide bonds. The summed E-state index contributed by atoms with van der Waals surface area (Å²) in [5, 5.41) is 10.3. The van der Waals surface area contributed by atoms with Gasteiger partial charge in [-0.25, -0.2) is 4.79 Å². The molecule has 2 aromatic carbocycles. The summed E-state index contributed by atoms with van der Waals surface area (Å²) in [4.78, 5) is 12.6. The third-order valence-electron chi connectivity index (χ3n) is 5.45. The molecule has 7 heteroatoms. The van der Waals surface area contributed by atoms with E-state index in [9.17, 15) is 9.90 Å². The van der Waals surface area contributed by atoms with Crippen molar-refractivity contribution in [2.24, 2.45) is 0 Å². The second-order valence-corrected chi connectivity index (χ2v) is 6.88. The highest BCUT2D eigenvalue weighted by molar-refractivity contribution is 5.95. The molecule has 2 aromatic rings. The van der Waals surface area contributed by atoms with Gasteiger partial charge in [0.15, 0.2) is 23.0 Å². The zero-order valence-electron chi connectivity index (χ0n) is 15.4. The van der Waals surface area contributed by atoms with Gasteiger partial charge in [-0.3, -0.25) is 0 Å². The van der Waals surface area contributed by atoms with Crippen LogP contribution in [0.25, 0.3) is 0 Å². The molecule has 1 atom stereocenters. The first-order valence-electron chi connectivity index (χ1n) is 8.87. The topological polar surface area (TPSA) is 83.5 Å². The van der Waals surface area contributed by atoms with Gasteiger partial charge in [0.05, 0.1) is 19.8 Å².